The van der Waals surface area contributed by atoms with Gasteiger partial charge < -0.3 is 9.80 Å². The van der Waals surface area contributed by atoms with Gasteiger partial charge in [0.15, 0.2) is 5.16 Å². The summed E-state index contributed by atoms with van der Waals surface area (Å²) < 4.78 is 1.95. The molecule has 1 aliphatic carbocycles. The van der Waals surface area contributed by atoms with Crippen molar-refractivity contribution in [2.45, 2.75) is 31.3 Å². The quantitative estimate of drug-likeness (QED) is 0.695. The molecular weight excluding hydrogens is 374 g/mol. The lowest BCUT2D eigenvalue weighted by atomic mass is 10.1. The normalized spacial score (nSPS) is 17.0. The van der Waals surface area contributed by atoms with E-state index in [0.717, 1.165) is 30.1 Å². The number of para-hydroxylation sites is 1. The molecular formula is C20H25N5O2S. The molecule has 1 saturated carbocycles. The molecule has 2 heterocycles. The van der Waals surface area contributed by atoms with Crippen molar-refractivity contribution in [1.29, 1.82) is 0 Å². The van der Waals surface area contributed by atoms with Gasteiger partial charge in [-0.05, 0) is 30.9 Å². The molecule has 0 N–H and O–H groups in total. The third-order valence-corrected chi connectivity index (χ3v) is 6.27. The maximum absolute atomic E-state index is 12.6. The van der Waals surface area contributed by atoms with Crippen molar-refractivity contribution in [2.75, 3.05) is 31.9 Å². The molecule has 0 radical (unpaired) electrons. The number of benzene rings is 1. The number of aryl methyl sites for hydroxylation is 1. The summed E-state index contributed by atoms with van der Waals surface area (Å²) in [6, 6.07) is 8.16. The van der Waals surface area contributed by atoms with E-state index in [-0.39, 0.29) is 17.7 Å². The summed E-state index contributed by atoms with van der Waals surface area (Å²) in [7, 11) is 0. The highest BCUT2D eigenvalue weighted by Gasteiger charge is 2.35. The fourth-order valence-corrected chi connectivity index (χ4v) is 4.34. The summed E-state index contributed by atoms with van der Waals surface area (Å²) in [6.45, 7) is 4.64. The molecule has 148 valence electrons. The van der Waals surface area contributed by atoms with E-state index in [9.17, 15) is 9.59 Å². The highest BCUT2D eigenvalue weighted by Crippen LogP contribution is 2.31. The molecule has 1 saturated heterocycles. The van der Waals surface area contributed by atoms with E-state index >= 15 is 0 Å². The average Bonchev–Trinajstić information content (AvgIpc) is 3.49. The summed E-state index contributed by atoms with van der Waals surface area (Å²) in [6.07, 6.45) is 4.66. The first-order valence-corrected chi connectivity index (χ1v) is 10.8. The smallest absolute Gasteiger partial charge is 0.233 e. The first-order chi connectivity index (χ1) is 13.7. The van der Waals surface area contributed by atoms with Crippen LogP contribution in [0.3, 0.4) is 0 Å². The van der Waals surface area contributed by atoms with Crippen LogP contribution in [-0.4, -0.2) is 68.3 Å². The van der Waals surface area contributed by atoms with E-state index in [0.29, 0.717) is 31.9 Å². The number of carbonyl (C=O) groups is 2. The molecule has 7 nitrogen and oxygen atoms in total. The van der Waals surface area contributed by atoms with E-state index < -0.39 is 0 Å². The molecule has 2 aromatic rings. The Bertz CT molecular complexity index is 856. The molecule has 8 heteroatoms. The first kappa shape index (κ1) is 19.0. The highest BCUT2D eigenvalue weighted by atomic mass is 32.2. The molecule has 0 spiro atoms. The van der Waals surface area contributed by atoms with Crippen LogP contribution in [0, 0.1) is 5.92 Å². The zero-order valence-corrected chi connectivity index (χ0v) is 16.9. The third-order valence-electron chi connectivity index (χ3n) is 5.34. The molecule has 0 bridgehead atoms. The van der Waals surface area contributed by atoms with Crippen LogP contribution in [0.4, 0.5) is 0 Å². The molecule has 1 aliphatic heterocycles. The Kier molecular flexibility index (Phi) is 5.66. The molecule has 2 aliphatic rings. The molecule has 1 aromatic carbocycles. The van der Waals surface area contributed by atoms with Gasteiger partial charge in [0.2, 0.25) is 11.8 Å². The Hall–Kier alpha value is -2.35. The van der Waals surface area contributed by atoms with Gasteiger partial charge in [-0.15, -0.1) is 10.2 Å². The molecule has 1 aromatic heterocycles. The summed E-state index contributed by atoms with van der Waals surface area (Å²) in [5.74, 6) is 0.921. The van der Waals surface area contributed by atoms with E-state index in [1.54, 1.807) is 6.33 Å². The van der Waals surface area contributed by atoms with Gasteiger partial charge in [0.1, 0.15) is 6.33 Å². The number of piperazine rings is 1. The number of thioether (sulfide) groups is 1. The Morgan fingerprint density at radius 1 is 1.11 bits per heavy atom. The highest BCUT2D eigenvalue weighted by molar-refractivity contribution is 7.99. The van der Waals surface area contributed by atoms with E-state index in [1.807, 2.05) is 32.6 Å². The van der Waals surface area contributed by atoms with Crippen molar-refractivity contribution in [1.82, 2.24) is 24.6 Å². The standard InChI is InChI=1S/C20H25N5O2S/c1-2-15-5-3-4-6-17(15)25-14-21-22-20(25)28-13-18(26)23-9-11-24(12-10-23)19(27)16-7-8-16/h3-6,14,16H,2,7-13H2,1H3. The van der Waals surface area contributed by atoms with Gasteiger partial charge in [0.25, 0.3) is 0 Å². The number of rotatable bonds is 6. The van der Waals surface area contributed by atoms with Gasteiger partial charge in [-0.1, -0.05) is 36.9 Å². The molecule has 28 heavy (non-hydrogen) atoms. The van der Waals surface area contributed by atoms with Gasteiger partial charge in [-0.2, -0.15) is 0 Å². The van der Waals surface area contributed by atoms with Crippen LogP contribution in [0.25, 0.3) is 5.69 Å². The van der Waals surface area contributed by atoms with E-state index in [2.05, 4.69) is 23.2 Å². The van der Waals surface area contributed by atoms with Crippen LogP contribution in [-0.2, 0) is 16.0 Å². The minimum atomic E-state index is 0.0850. The largest absolute Gasteiger partial charge is 0.339 e. The Balaban J connectivity index is 1.34. The van der Waals surface area contributed by atoms with Gasteiger partial charge in [0, 0.05) is 32.1 Å². The zero-order chi connectivity index (χ0) is 19.5. The number of aromatic nitrogens is 3. The predicted molar refractivity (Wildman–Crippen MR) is 107 cm³/mol. The number of carbonyl (C=O) groups excluding carboxylic acids is 2. The van der Waals surface area contributed by atoms with E-state index in [1.165, 1.54) is 17.3 Å². The second kappa shape index (κ2) is 8.34. The molecule has 0 unspecified atom stereocenters. The van der Waals surface area contributed by atoms with Crippen molar-refractivity contribution in [3.05, 3.63) is 36.2 Å². The summed E-state index contributed by atoms with van der Waals surface area (Å²) in [4.78, 5) is 28.5. The second-order valence-electron chi connectivity index (χ2n) is 7.23. The molecule has 2 fully saturated rings. The Morgan fingerprint density at radius 2 is 1.82 bits per heavy atom. The lowest BCUT2D eigenvalue weighted by Crippen LogP contribution is -2.51. The number of amides is 2. The van der Waals surface area contributed by atoms with E-state index in [4.69, 9.17) is 0 Å². The Morgan fingerprint density at radius 3 is 2.54 bits per heavy atom. The minimum absolute atomic E-state index is 0.0850. The Labute approximate surface area is 169 Å². The zero-order valence-electron chi connectivity index (χ0n) is 16.1. The minimum Gasteiger partial charge on any atom is -0.339 e. The fourth-order valence-electron chi connectivity index (χ4n) is 3.52. The fraction of sp³-hybridized carbons (Fsp3) is 0.500. The maximum Gasteiger partial charge on any atom is 0.233 e. The van der Waals surface area contributed by atoms with Crippen LogP contribution >= 0.6 is 11.8 Å². The van der Waals surface area contributed by atoms with Crippen molar-refractivity contribution < 1.29 is 9.59 Å². The first-order valence-electron chi connectivity index (χ1n) is 9.85. The molecule has 2 amide bonds. The monoisotopic (exact) mass is 399 g/mol. The van der Waals surface area contributed by atoms with Crippen LogP contribution in [0.5, 0.6) is 0 Å². The number of nitrogens with zero attached hydrogens (tertiary/aromatic N) is 5. The van der Waals surface area contributed by atoms with Crippen molar-refractivity contribution >= 4 is 23.6 Å². The SMILES string of the molecule is CCc1ccccc1-n1cnnc1SCC(=O)N1CCN(C(=O)C2CC2)CC1. The molecule has 0 atom stereocenters. The second-order valence-corrected chi connectivity index (χ2v) is 8.18. The topological polar surface area (TPSA) is 71.3 Å². The van der Waals surface area contributed by atoms with Crippen LogP contribution in [0.2, 0.25) is 0 Å². The van der Waals surface area contributed by atoms with Gasteiger partial charge in [-0.3, -0.25) is 14.2 Å². The lowest BCUT2D eigenvalue weighted by molar-refractivity contribution is -0.139. The van der Waals surface area contributed by atoms with Crippen molar-refractivity contribution in [2.24, 2.45) is 5.92 Å². The average molecular weight is 400 g/mol. The van der Waals surface area contributed by atoms with Crippen LogP contribution < -0.4 is 0 Å². The van der Waals surface area contributed by atoms with Crippen LogP contribution in [0.1, 0.15) is 25.3 Å². The summed E-state index contributed by atoms with van der Waals surface area (Å²) in [5.41, 5.74) is 2.27. The molecule has 4 rings (SSSR count). The van der Waals surface area contributed by atoms with Crippen LogP contribution in [0.15, 0.2) is 35.7 Å². The van der Waals surface area contributed by atoms with Crippen molar-refractivity contribution in [3.8, 4) is 5.69 Å². The van der Waals surface area contributed by atoms with Gasteiger partial charge in [0.05, 0.1) is 11.4 Å². The number of hydrogen-bond acceptors (Lipinski definition) is 5. The van der Waals surface area contributed by atoms with Gasteiger partial charge in [-0.25, -0.2) is 0 Å². The number of hydrogen-bond donors (Lipinski definition) is 0. The maximum atomic E-state index is 12.6. The van der Waals surface area contributed by atoms with Gasteiger partial charge >= 0.3 is 0 Å². The summed E-state index contributed by atoms with van der Waals surface area (Å²) in [5, 5.41) is 8.96. The lowest BCUT2D eigenvalue weighted by Gasteiger charge is -2.34. The third kappa shape index (κ3) is 4.06. The van der Waals surface area contributed by atoms with Crippen molar-refractivity contribution in [3.63, 3.8) is 0 Å². The summed E-state index contributed by atoms with van der Waals surface area (Å²) >= 11 is 1.41. The predicted octanol–water partition coefficient (Wildman–Crippen LogP) is 2.00.